The zero-order valence-electron chi connectivity index (χ0n) is 20.1. The Morgan fingerprint density at radius 2 is 1.68 bits per heavy atom. The summed E-state index contributed by atoms with van der Waals surface area (Å²) in [5.41, 5.74) is 8.65. The summed E-state index contributed by atoms with van der Waals surface area (Å²) in [4.78, 5) is 17.2. The third-order valence-electron chi connectivity index (χ3n) is 6.43. The maximum absolute atomic E-state index is 12.3. The summed E-state index contributed by atoms with van der Waals surface area (Å²) in [5.74, 6) is 1.40. The first-order valence-corrected chi connectivity index (χ1v) is 11.9. The number of nitrogens with zero attached hydrogens (tertiary/aromatic N) is 2. The summed E-state index contributed by atoms with van der Waals surface area (Å²) in [7, 11) is 0. The lowest BCUT2D eigenvalue weighted by molar-refractivity contribution is -0.123. The van der Waals surface area contributed by atoms with Gasteiger partial charge in [-0.25, -0.2) is 4.98 Å². The lowest BCUT2D eigenvalue weighted by atomic mass is 9.94. The number of benzene rings is 3. The van der Waals surface area contributed by atoms with Crippen LogP contribution in [-0.4, -0.2) is 28.6 Å². The average molecular weight is 476 g/mol. The van der Waals surface area contributed by atoms with Gasteiger partial charge in [-0.3, -0.25) is 4.79 Å². The Balaban J connectivity index is 1.48. The van der Waals surface area contributed by atoms with Gasteiger partial charge in [-0.15, -0.1) is 0 Å². The van der Waals surface area contributed by atoms with Crippen LogP contribution in [0.15, 0.2) is 54.6 Å². The number of carbonyl (C=O) groups excluding carboxylic acids is 1. The van der Waals surface area contributed by atoms with Gasteiger partial charge in [0.05, 0.1) is 11.0 Å². The number of rotatable bonds is 8. The number of para-hydroxylation sites is 2. The molecule has 0 radical (unpaired) electrons. The van der Waals surface area contributed by atoms with Crippen LogP contribution in [0.5, 0.6) is 5.75 Å². The van der Waals surface area contributed by atoms with Gasteiger partial charge in [0.1, 0.15) is 11.6 Å². The highest BCUT2D eigenvalue weighted by molar-refractivity contribution is 6.30. The van der Waals surface area contributed by atoms with Crippen molar-refractivity contribution in [1.82, 2.24) is 14.9 Å². The number of hydrogen-bond acceptors (Lipinski definition) is 3. The second-order valence-electron chi connectivity index (χ2n) is 8.68. The Labute approximate surface area is 205 Å². The average Bonchev–Trinajstić information content (AvgIpc) is 3.17. The summed E-state index contributed by atoms with van der Waals surface area (Å²) in [6, 6.07) is 17.4. The molecule has 4 aromatic rings. The molecule has 0 aliphatic heterocycles. The van der Waals surface area contributed by atoms with Crippen molar-refractivity contribution in [3.8, 4) is 5.75 Å². The van der Waals surface area contributed by atoms with Crippen LogP contribution in [0.2, 0.25) is 5.02 Å². The molecular weight excluding hydrogens is 446 g/mol. The number of aryl methyl sites for hydroxylation is 2. The van der Waals surface area contributed by atoms with Crippen molar-refractivity contribution in [2.75, 3.05) is 13.2 Å². The zero-order valence-corrected chi connectivity index (χ0v) is 20.9. The molecule has 0 saturated carbocycles. The molecule has 0 aliphatic rings. The smallest absolute Gasteiger partial charge is 0.257 e. The standard InChI is InChI=1S/C28H30ClN3O2/c1-18-15-19(2)21(4)24(20(18)3)16-32-26-8-6-5-7-25(26)31-27(32)13-14-30-28(33)17-34-23-11-9-22(29)10-12-23/h5-12,15H,13-14,16-17H2,1-4H3,(H,30,33). The van der Waals surface area contributed by atoms with Crippen LogP contribution in [-0.2, 0) is 17.8 Å². The molecule has 0 saturated heterocycles. The highest BCUT2D eigenvalue weighted by Crippen LogP contribution is 2.25. The van der Waals surface area contributed by atoms with E-state index in [1.54, 1.807) is 24.3 Å². The van der Waals surface area contributed by atoms with Crippen LogP contribution in [0.3, 0.4) is 0 Å². The van der Waals surface area contributed by atoms with Gasteiger partial charge in [-0.2, -0.15) is 0 Å². The van der Waals surface area contributed by atoms with Crippen LogP contribution in [0.25, 0.3) is 11.0 Å². The molecule has 3 aromatic carbocycles. The van der Waals surface area contributed by atoms with Crippen LogP contribution in [0, 0.1) is 27.7 Å². The van der Waals surface area contributed by atoms with E-state index >= 15 is 0 Å². The summed E-state index contributed by atoms with van der Waals surface area (Å²) in [6.07, 6.45) is 0.629. The van der Waals surface area contributed by atoms with Gasteiger partial charge >= 0.3 is 0 Å². The normalized spacial score (nSPS) is 11.1. The Morgan fingerprint density at radius 1 is 1.00 bits per heavy atom. The fourth-order valence-corrected chi connectivity index (χ4v) is 4.36. The van der Waals surface area contributed by atoms with Crippen molar-refractivity contribution < 1.29 is 9.53 Å². The Bertz CT molecular complexity index is 1300. The number of carbonyl (C=O) groups is 1. The summed E-state index contributed by atoms with van der Waals surface area (Å²) in [5, 5.41) is 3.58. The van der Waals surface area contributed by atoms with Crippen LogP contribution in [0.4, 0.5) is 0 Å². The second-order valence-corrected chi connectivity index (χ2v) is 9.12. The minimum atomic E-state index is -0.168. The quantitative estimate of drug-likeness (QED) is 0.355. The molecule has 0 spiro atoms. The van der Waals surface area contributed by atoms with Gasteiger partial charge in [0.25, 0.3) is 5.91 Å². The third kappa shape index (κ3) is 5.26. The predicted octanol–water partition coefficient (Wildman–Crippen LogP) is 5.71. The van der Waals surface area contributed by atoms with E-state index in [0.717, 1.165) is 23.4 Å². The maximum atomic E-state index is 12.3. The van der Waals surface area contributed by atoms with Gasteiger partial charge in [0.2, 0.25) is 0 Å². The number of imidazole rings is 1. The van der Waals surface area contributed by atoms with E-state index in [1.165, 1.54) is 27.8 Å². The lowest BCUT2D eigenvalue weighted by Crippen LogP contribution is -2.31. The van der Waals surface area contributed by atoms with E-state index in [4.69, 9.17) is 21.3 Å². The Kier molecular flexibility index (Phi) is 7.23. The molecule has 1 N–H and O–H groups in total. The molecule has 0 atom stereocenters. The lowest BCUT2D eigenvalue weighted by Gasteiger charge is -2.18. The van der Waals surface area contributed by atoms with Gasteiger partial charge in [0.15, 0.2) is 6.61 Å². The highest BCUT2D eigenvalue weighted by Gasteiger charge is 2.15. The molecule has 176 valence electrons. The number of fused-ring (bicyclic) bond motifs is 1. The molecule has 1 heterocycles. The van der Waals surface area contributed by atoms with Gasteiger partial charge in [-0.05, 0) is 91.9 Å². The van der Waals surface area contributed by atoms with Crippen LogP contribution < -0.4 is 10.1 Å². The summed E-state index contributed by atoms with van der Waals surface area (Å²) < 4.78 is 7.81. The van der Waals surface area contributed by atoms with Crippen molar-refractivity contribution in [2.24, 2.45) is 0 Å². The van der Waals surface area contributed by atoms with Gasteiger partial charge < -0.3 is 14.6 Å². The van der Waals surface area contributed by atoms with Crippen LogP contribution >= 0.6 is 11.6 Å². The monoisotopic (exact) mass is 475 g/mol. The van der Waals surface area contributed by atoms with E-state index in [-0.39, 0.29) is 12.5 Å². The van der Waals surface area contributed by atoms with E-state index in [2.05, 4.69) is 49.7 Å². The molecule has 1 aromatic heterocycles. The molecular formula is C28H30ClN3O2. The molecule has 0 fully saturated rings. The molecule has 5 nitrogen and oxygen atoms in total. The molecule has 0 unspecified atom stereocenters. The zero-order chi connectivity index (χ0) is 24.2. The molecule has 4 rings (SSSR count). The Morgan fingerprint density at radius 3 is 2.38 bits per heavy atom. The topological polar surface area (TPSA) is 56.2 Å². The first kappa shape index (κ1) is 23.8. The van der Waals surface area contributed by atoms with Crippen molar-refractivity contribution in [1.29, 1.82) is 0 Å². The number of aromatic nitrogens is 2. The first-order chi connectivity index (χ1) is 16.3. The van der Waals surface area contributed by atoms with Crippen molar-refractivity contribution >= 4 is 28.5 Å². The number of ether oxygens (including phenoxy) is 1. The fraction of sp³-hybridized carbons (Fsp3) is 0.286. The minimum Gasteiger partial charge on any atom is -0.484 e. The molecule has 0 aliphatic carbocycles. The molecule has 34 heavy (non-hydrogen) atoms. The Hall–Kier alpha value is -3.31. The van der Waals surface area contributed by atoms with Gasteiger partial charge in [0, 0.05) is 24.5 Å². The third-order valence-corrected chi connectivity index (χ3v) is 6.68. The highest BCUT2D eigenvalue weighted by atomic mass is 35.5. The fourth-order valence-electron chi connectivity index (χ4n) is 4.23. The summed E-state index contributed by atoms with van der Waals surface area (Å²) >= 11 is 5.88. The largest absolute Gasteiger partial charge is 0.484 e. The minimum absolute atomic E-state index is 0.0427. The van der Waals surface area contributed by atoms with Crippen molar-refractivity contribution in [3.05, 3.63) is 93.3 Å². The molecule has 1 amide bonds. The second kappa shape index (κ2) is 10.3. The maximum Gasteiger partial charge on any atom is 0.257 e. The van der Waals surface area contributed by atoms with Gasteiger partial charge in [-0.1, -0.05) is 29.8 Å². The van der Waals surface area contributed by atoms with E-state index < -0.39 is 0 Å². The van der Waals surface area contributed by atoms with Crippen molar-refractivity contribution in [2.45, 2.75) is 40.7 Å². The number of hydrogen-bond donors (Lipinski definition) is 1. The molecule has 0 bridgehead atoms. The summed E-state index contributed by atoms with van der Waals surface area (Å²) in [6.45, 7) is 9.91. The van der Waals surface area contributed by atoms with E-state index in [9.17, 15) is 4.79 Å². The van der Waals surface area contributed by atoms with Crippen molar-refractivity contribution in [3.63, 3.8) is 0 Å². The number of halogens is 1. The number of nitrogens with one attached hydrogen (secondary N) is 1. The predicted molar refractivity (Wildman–Crippen MR) is 138 cm³/mol. The first-order valence-electron chi connectivity index (χ1n) is 11.5. The van der Waals surface area contributed by atoms with E-state index in [1.807, 2.05) is 18.2 Å². The van der Waals surface area contributed by atoms with E-state index in [0.29, 0.717) is 23.7 Å². The van der Waals surface area contributed by atoms with Crippen LogP contribution in [0.1, 0.15) is 33.6 Å². The SMILES string of the molecule is Cc1cc(C)c(C)c(Cn2c(CCNC(=O)COc3ccc(Cl)cc3)nc3ccccc32)c1C. The number of amides is 1. The molecule has 6 heteroatoms.